The topological polar surface area (TPSA) is 59.1 Å². The zero-order chi connectivity index (χ0) is 24.2. The number of likely N-dealkylation sites (tertiary alicyclic amines) is 1. The van der Waals surface area contributed by atoms with Gasteiger partial charge in [0.05, 0.1) is 6.61 Å². The predicted molar refractivity (Wildman–Crippen MR) is 136 cm³/mol. The average Bonchev–Trinajstić information content (AvgIpc) is 2.88. The Hall–Kier alpha value is -2.96. The largest absolute Gasteiger partial charge is 0.460 e. The Bertz CT molecular complexity index is 919. The Morgan fingerprint density at radius 3 is 2.38 bits per heavy atom. The highest BCUT2D eigenvalue weighted by Crippen LogP contribution is 2.25. The molecule has 1 saturated heterocycles. The van der Waals surface area contributed by atoms with Gasteiger partial charge in [-0.2, -0.15) is 0 Å². The van der Waals surface area contributed by atoms with Gasteiger partial charge >= 0.3 is 5.97 Å². The fraction of sp³-hybridized carbons (Fsp3) is 0.429. The summed E-state index contributed by atoms with van der Waals surface area (Å²) in [6, 6.07) is 18.6. The molecule has 1 aliphatic rings. The summed E-state index contributed by atoms with van der Waals surface area (Å²) >= 11 is 0. The second-order valence-electron chi connectivity index (χ2n) is 8.51. The van der Waals surface area contributed by atoms with Gasteiger partial charge in [0.25, 0.3) is 0 Å². The van der Waals surface area contributed by atoms with Crippen LogP contribution in [0.1, 0.15) is 37.3 Å². The van der Waals surface area contributed by atoms with E-state index < -0.39 is 5.97 Å². The molecule has 0 aliphatic carbocycles. The molecule has 1 fully saturated rings. The summed E-state index contributed by atoms with van der Waals surface area (Å²) in [5.74, 6) is -0.254. The standard InChI is InChI=1S/C28H36N2O4/c1-3-27(31)30(25-12-9-24(10-13-25)11-14-28(32)34-22-21-33-2)26-16-19-29(20-17-26)18-15-23-7-5-4-6-8-23/h4-14,26H,3,15-22H2,1-2H3/b14-11+. The van der Waals surface area contributed by atoms with Gasteiger partial charge in [0.2, 0.25) is 5.91 Å². The van der Waals surface area contributed by atoms with Gasteiger partial charge in [-0.3, -0.25) is 4.79 Å². The highest BCUT2D eigenvalue weighted by atomic mass is 16.6. The van der Waals surface area contributed by atoms with Crippen molar-refractivity contribution in [2.45, 2.75) is 38.6 Å². The minimum absolute atomic E-state index is 0.146. The first kappa shape index (κ1) is 25.7. The van der Waals surface area contributed by atoms with Crippen LogP contribution in [-0.4, -0.2) is 62.8 Å². The summed E-state index contributed by atoms with van der Waals surface area (Å²) < 4.78 is 9.90. The summed E-state index contributed by atoms with van der Waals surface area (Å²) in [5, 5.41) is 0. The Morgan fingerprint density at radius 2 is 1.74 bits per heavy atom. The molecule has 0 unspecified atom stereocenters. The molecule has 0 atom stereocenters. The van der Waals surface area contributed by atoms with E-state index in [2.05, 4.69) is 35.2 Å². The van der Waals surface area contributed by atoms with Crippen LogP contribution in [0.3, 0.4) is 0 Å². The van der Waals surface area contributed by atoms with Gasteiger partial charge in [-0.1, -0.05) is 49.4 Å². The van der Waals surface area contributed by atoms with Crippen molar-refractivity contribution in [3.63, 3.8) is 0 Å². The van der Waals surface area contributed by atoms with Gasteiger partial charge in [0.15, 0.2) is 0 Å². The quantitative estimate of drug-likeness (QED) is 0.281. The lowest BCUT2D eigenvalue weighted by molar-refractivity contribution is -0.138. The van der Waals surface area contributed by atoms with Gasteiger partial charge in [0, 0.05) is 51.0 Å². The van der Waals surface area contributed by atoms with E-state index in [1.54, 1.807) is 13.2 Å². The highest BCUT2D eigenvalue weighted by Gasteiger charge is 2.28. The second kappa shape index (κ2) is 13.7. The highest BCUT2D eigenvalue weighted by molar-refractivity contribution is 5.94. The summed E-state index contributed by atoms with van der Waals surface area (Å²) in [4.78, 5) is 29.1. The van der Waals surface area contributed by atoms with Crippen molar-refractivity contribution >= 4 is 23.6 Å². The first-order valence-electron chi connectivity index (χ1n) is 12.1. The van der Waals surface area contributed by atoms with Crippen LogP contribution in [0.4, 0.5) is 5.69 Å². The maximum absolute atomic E-state index is 12.9. The summed E-state index contributed by atoms with van der Waals surface area (Å²) in [6.07, 6.45) is 6.59. The summed E-state index contributed by atoms with van der Waals surface area (Å²) in [5.41, 5.74) is 3.16. The number of amides is 1. The number of anilines is 1. The average molecular weight is 465 g/mol. The van der Waals surface area contributed by atoms with E-state index >= 15 is 0 Å². The third-order valence-electron chi connectivity index (χ3n) is 6.17. The van der Waals surface area contributed by atoms with Gasteiger partial charge in [-0.15, -0.1) is 0 Å². The van der Waals surface area contributed by atoms with E-state index in [0.717, 1.165) is 50.1 Å². The number of ether oxygens (including phenoxy) is 2. The molecule has 1 amide bonds. The Labute approximate surface area is 203 Å². The lowest BCUT2D eigenvalue weighted by Gasteiger charge is -2.38. The molecule has 34 heavy (non-hydrogen) atoms. The molecule has 6 nitrogen and oxygen atoms in total. The molecular weight excluding hydrogens is 428 g/mol. The number of piperidine rings is 1. The molecule has 2 aromatic rings. The van der Waals surface area contributed by atoms with Gasteiger partial charge < -0.3 is 19.3 Å². The predicted octanol–water partition coefficient (Wildman–Crippen LogP) is 4.34. The minimum Gasteiger partial charge on any atom is -0.460 e. The zero-order valence-electron chi connectivity index (χ0n) is 20.3. The van der Waals surface area contributed by atoms with Crippen molar-refractivity contribution in [1.29, 1.82) is 0 Å². The first-order valence-corrected chi connectivity index (χ1v) is 12.1. The van der Waals surface area contributed by atoms with E-state index in [1.165, 1.54) is 11.6 Å². The third kappa shape index (κ3) is 7.82. The smallest absolute Gasteiger partial charge is 0.330 e. The molecule has 0 radical (unpaired) electrons. The van der Waals surface area contributed by atoms with Gasteiger partial charge in [-0.05, 0) is 48.6 Å². The fourth-order valence-electron chi connectivity index (χ4n) is 4.25. The number of rotatable bonds is 11. The number of hydrogen-bond acceptors (Lipinski definition) is 5. The van der Waals surface area contributed by atoms with E-state index in [-0.39, 0.29) is 18.6 Å². The maximum Gasteiger partial charge on any atom is 0.330 e. The summed E-state index contributed by atoms with van der Waals surface area (Å²) in [6.45, 7) is 5.57. The van der Waals surface area contributed by atoms with Crippen LogP contribution in [0.25, 0.3) is 6.08 Å². The molecule has 0 aromatic heterocycles. The Kier molecular flexibility index (Phi) is 10.3. The monoisotopic (exact) mass is 464 g/mol. The van der Waals surface area contributed by atoms with Crippen molar-refractivity contribution in [2.24, 2.45) is 0 Å². The number of hydrogen-bond donors (Lipinski definition) is 0. The van der Waals surface area contributed by atoms with Crippen molar-refractivity contribution < 1.29 is 19.1 Å². The van der Waals surface area contributed by atoms with Crippen LogP contribution < -0.4 is 4.90 Å². The molecular formula is C28H36N2O4. The van der Waals surface area contributed by atoms with Crippen molar-refractivity contribution in [1.82, 2.24) is 4.90 Å². The van der Waals surface area contributed by atoms with Crippen molar-refractivity contribution in [3.05, 3.63) is 71.8 Å². The lowest BCUT2D eigenvalue weighted by Crippen LogP contribution is -2.47. The van der Waals surface area contributed by atoms with E-state index in [0.29, 0.717) is 13.0 Å². The van der Waals surface area contributed by atoms with Crippen molar-refractivity contribution in [2.75, 3.05) is 44.9 Å². The Balaban J connectivity index is 1.56. The molecule has 2 aromatic carbocycles. The summed E-state index contributed by atoms with van der Waals surface area (Å²) in [7, 11) is 1.56. The number of benzene rings is 2. The zero-order valence-corrected chi connectivity index (χ0v) is 20.3. The van der Waals surface area contributed by atoms with Crippen molar-refractivity contribution in [3.8, 4) is 0 Å². The van der Waals surface area contributed by atoms with Crippen LogP contribution in [0.5, 0.6) is 0 Å². The van der Waals surface area contributed by atoms with Gasteiger partial charge in [0.1, 0.15) is 6.61 Å². The molecule has 1 aliphatic heterocycles. The SMILES string of the molecule is CCC(=O)N(c1ccc(/C=C/C(=O)OCCOC)cc1)C1CCN(CCc2ccccc2)CC1. The van der Waals surface area contributed by atoms with E-state index in [4.69, 9.17) is 9.47 Å². The van der Waals surface area contributed by atoms with Crippen LogP contribution in [0, 0.1) is 0 Å². The number of carbonyl (C=O) groups is 2. The van der Waals surface area contributed by atoms with Crippen LogP contribution in [0.15, 0.2) is 60.7 Å². The normalized spacial score (nSPS) is 14.9. The fourth-order valence-corrected chi connectivity index (χ4v) is 4.25. The second-order valence-corrected chi connectivity index (χ2v) is 8.51. The first-order chi connectivity index (χ1) is 16.6. The number of esters is 1. The lowest BCUT2D eigenvalue weighted by atomic mass is 10.0. The maximum atomic E-state index is 12.9. The van der Waals surface area contributed by atoms with E-state index in [9.17, 15) is 9.59 Å². The number of carbonyl (C=O) groups excluding carboxylic acids is 2. The molecule has 0 N–H and O–H groups in total. The molecule has 1 heterocycles. The van der Waals surface area contributed by atoms with Crippen LogP contribution in [0.2, 0.25) is 0 Å². The molecule has 3 rings (SSSR count). The third-order valence-corrected chi connectivity index (χ3v) is 6.17. The van der Waals surface area contributed by atoms with Gasteiger partial charge in [-0.25, -0.2) is 4.79 Å². The van der Waals surface area contributed by atoms with Crippen LogP contribution >= 0.6 is 0 Å². The molecule has 182 valence electrons. The molecule has 6 heteroatoms. The minimum atomic E-state index is -0.400. The molecule has 0 saturated carbocycles. The Morgan fingerprint density at radius 1 is 1.03 bits per heavy atom. The van der Waals surface area contributed by atoms with E-state index in [1.807, 2.05) is 36.1 Å². The number of nitrogens with zero attached hydrogens (tertiary/aromatic N) is 2. The molecule has 0 bridgehead atoms. The number of methoxy groups -OCH3 is 1. The van der Waals surface area contributed by atoms with Crippen LogP contribution in [-0.2, 0) is 25.5 Å². The molecule has 0 spiro atoms.